The smallest absolute Gasteiger partial charge is 0.325 e. The van der Waals surface area contributed by atoms with Gasteiger partial charge in [-0.25, -0.2) is 4.79 Å². The lowest BCUT2D eigenvalue weighted by Crippen LogP contribution is -2.20. The minimum atomic E-state index is -0.677. The van der Waals surface area contributed by atoms with Gasteiger partial charge in [0.15, 0.2) is 0 Å². The van der Waals surface area contributed by atoms with E-state index in [9.17, 15) is 19.6 Å². The molecule has 0 bridgehead atoms. The molecule has 2 aromatic heterocycles. The number of fused-ring (bicyclic) bond motifs is 1. The third-order valence-corrected chi connectivity index (χ3v) is 5.83. The second-order valence-electron chi connectivity index (χ2n) is 4.83. The van der Waals surface area contributed by atoms with Gasteiger partial charge in [-0.3, -0.25) is 14.6 Å². The number of hydrogen-bond acceptors (Lipinski definition) is 6. The Bertz CT molecular complexity index is 1110. The van der Waals surface area contributed by atoms with E-state index in [-0.39, 0.29) is 27.4 Å². The number of nitrogens with one attached hydrogen (secondary N) is 3. The van der Waals surface area contributed by atoms with Gasteiger partial charge in [-0.1, -0.05) is 11.6 Å². The summed E-state index contributed by atoms with van der Waals surface area (Å²) in [4.78, 5) is 39.8. The van der Waals surface area contributed by atoms with Crippen LogP contribution in [0.1, 0.15) is 5.56 Å². The molecule has 0 aliphatic heterocycles. The van der Waals surface area contributed by atoms with E-state index in [2.05, 4.69) is 15.3 Å². The van der Waals surface area contributed by atoms with Gasteiger partial charge in [0, 0.05) is 10.7 Å². The number of nitrogens with zero attached hydrogens (tertiary/aromatic N) is 1. The lowest BCUT2D eigenvalue weighted by molar-refractivity contribution is -0.113. The van der Waals surface area contributed by atoms with E-state index in [0.29, 0.717) is 14.9 Å². The summed E-state index contributed by atoms with van der Waals surface area (Å²) in [5.74, 6) is -0.220. The van der Waals surface area contributed by atoms with E-state index in [1.54, 1.807) is 24.3 Å². The number of thiophene rings is 1. The molecule has 10 heteroatoms. The highest BCUT2D eigenvalue weighted by Gasteiger charge is 2.17. The number of carbonyl (C=O) groups is 1. The van der Waals surface area contributed by atoms with Crippen LogP contribution >= 0.6 is 34.7 Å². The quantitative estimate of drug-likeness (QED) is 0.589. The Morgan fingerprint density at radius 3 is 2.68 bits per heavy atom. The van der Waals surface area contributed by atoms with Crippen molar-refractivity contribution in [2.24, 2.45) is 0 Å². The molecular weight excluding hydrogens is 384 g/mol. The van der Waals surface area contributed by atoms with Gasteiger partial charge < -0.3 is 10.3 Å². The zero-order chi connectivity index (χ0) is 18.0. The number of halogens is 1. The Labute approximate surface area is 153 Å². The molecule has 0 aliphatic carbocycles. The predicted molar refractivity (Wildman–Crippen MR) is 98.6 cm³/mol. The van der Waals surface area contributed by atoms with Crippen molar-refractivity contribution in [1.82, 2.24) is 9.97 Å². The van der Waals surface area contributed by atoms with Gasteiger partial charge in [0.2, 0.25) is 5.91 Å². The van der Waals surface area contributed by atoms with Crippen LogP contribution in [0.25, 0.3) is 10.2 Å². The van der Waals surface area contributed by atoms with Gasteiger partial charge in [0.05, 0.1) is 15.5 Å². The Morgan fingerprint density at radius 1 is 1.28 bits per heavy atom. The van der Waals surface area contributed by atoms with Crippen molar-refractivity contribution in [3.05, 3.63) is 55.7 Å². The molecule has 0 spiro atoms. The van der Waals surface area contributed by atoms with Gasteiger partial charge in [-0.2, -0.15) is 5.26 Å². The molecular formula is C15H9ClN4O3S2. The molecule has 3 aromatic rings. The van der Waals surface area contributed by atoms with Crippen LogP contribution in [0, 0.1) is 11.3 Å². The average molecular weight is 393 g/mol. The lowest BCUT2D eigenvalue weighted by Gasteiger charge is -2.04. The number of amides is 1. The molecule has 0 aliphatic rings. The van der Waals surface area contributed by atoms with E-state index in [1.165, 1.54) is 0 Å². The predicted octanol–water partition coefficient (Wildman–Crippen LogP) is 2.53. The SMILES string of the molecule is N#Cc1c(SCC(=O)Nc2ccc(Cl)cc2)sc2c(=O)[nH]c(=O)[nH]c12. The summed E-state index contributed by atoms with van der Waals surface area (Å²) in [7, 11) is 0. The topological polar surface area (TPSA) is 119 Å². The highest BCUT2D eigenvalue weighted by molar-refractivity contribution is 8.02. The van der Waals surface area contributed by atoms with Gasteiger partial charge >= 0.3 is 5.69 Å². The van der Waals surface area contributed by atoms with E-state index < -0.39 is 11.2 Å². The van der Waals surface area contributed by atoms with Crippen molar-refractivity contribution in [1.29, 1.82) is 5.26 Å². The maximum atomic E-state index is 12.0. The molecule has 0 unspecified atom stereocenters. The fourth-order valence-electron chi connectivity index (χ4n) is 2.06. The Balaban J connectivity index is 1.79. The van der Waals surface area contributed by atoms with Crippen LogP contribution in [0.5, 0.6) is 0 Å². The molecule has 0 radical (unpaired) electrons. The summed E-state index contributed by atoms with van der Waals surface area (Å²) >= 11 is 7.97. The van der Waals surface area contributed by atoms with E-state index in [0.717, 1.165) is 23.1 Å². The van der Waals surface area contributed by atoms with Crippen LogP contribution in [-0.4, -0.2) is 21.6 Å². The lowest BCUT2D eigenvalue weighted by atomic mass is 10.3. The molecule has 0 atom stereocenters. The Hall–Kier alpha value is -2.54. The summed E-state index contributed by atoms with van der Waals surface area (Å²) in [6.45, 7) is 0. The van der Waals surface area contributed by atoms with Crippen molar-refractivity contribution in [3.63, 3.8) is 0 Å². The highest BCUT2D eigenvalue weighted by atomic mass is 35.5. The zero-order valence-electron chi connectivity index (χ0n) is 12.4. The molecule has 126 valence electrons. The average Bonchev–Trinajstić information content (AvgIpc) is 2.93. The van der Waals surface area contributed by atoms with Crippen LogP contribution in [0.2, 0.25) is 5.02 Å². The number of nitriles is 1. The first-order valence-corrected chi connectivity index (χ1v) is 9.03. The first-order chi connectivity index (χ1) is 12.0. The maximum Gasteiger partial charge on any atom is 0.326 e. The number of aromatic nitrogens is 2. The van der Waals surface area contributed by atoms with Crippen LogP contribution in [0.3, 0.4) is 0 Å². The summed E-state index contributed by atoms with van der Waals surface area (Å²) in [5.41, 5.74) is -0.247. The molecule has 2 heterocycles. The molecule has 0 saturated heterocycles. The van der Waals surface area contributed by atoms with Gasteiger partial charge in [0.25, 0.3) is 5.56 Å². The van der Waals surface area contributed by atoms with Crippen LogP contribution in [0.4, 0.5) is 5.69 Å². The molecule has 3 N–H and O–H groups in total. The molecule has 0 saturated carbocycles. The molecule has 25 heavy (non-hydrogen) atoms. The number of H-pyrrole nitrogens is 2. The molecule has 3 rings (SSSR count). The molecule has 1 amide bonds. The Morgan fingerprint density at radius 2 is 2.00 bits per heavy atom. The highest BCUT2D eigenvalue weighted by Crippen LogP contribution is 2.34. The first kappa shape index (κ1) is 17.3. The number of benzene rings is 1. The summed E-state index contributed by atoms with van der Waals surface area (Å²) in [6.07, 6.45) is 0. The minimum absolute atomic E-state index is 0.0479. The Kier molecular flexibility index (Phi) is 4.94. The van der Waals surface area contributed by atoms with Crippen molar-refractivity contribution in [3.8, 4) is 6.07 Å². The fraction of sp³-hybridized carbons (Fsp3) is 0.0667. The van der Waals surface area contributed by atoms with Crippen LogP contribution in [-0.2, 0) is 4.79 Å². The number of hydrogen-bond donors (Lipinski definition) is 3. The fourth-order valence-corrected chi connectivity index (χ4v) is 4.31. The monoisotopic (exact) mass is 392 g/mol. The van der Waals surface area contributed by atoms with Crippen molar-refractivity contribution >= 4 is 56.5 Å². The largest absolute Gasteiger partial charge is 0.326 e. The second-order valence-corrected chi connectivity index (χ2v) is 7.53. The number of thioether (sulfide) groups is 1. The molecule has 1 aromatic carbocycles. The van der Waals surface area contributed by atoms with E-state index in [4.69, 9.17) is 11.6 Å². The van der Waals surface area contributed by atoms with Gasteiger partial charge in [-0.15, -0.1) is 23.1 Å². The first-order valence-electron chi connectivity index (χ1n) is 6.85. The molecule has 0 fully saturated rings. The number of carbonyl (C=O) groups excluding carboxylic acids is 1. The van der Waals surface area contributed by atoms with Gasteiger partial charge in [0.1, 0.15) is 16.3 Å². The van der Waals surface area contributed by atoms with Gasteiger partial charge in [-0.05, 0) is 24.3 Å². The van der Waals surface area contributed by atoms with Crippen molar-refractivity contribution in [2.75, 3.05) is 11.1 Å². The number of anilines is 1. The second kappa shape index (κ2) is 7.14. The van der Waals surface area contributed by atoms with E-state index in [1.807, 2.05) is 6.07 Å². The minimum Gasteiger partial charge on any atom is -0.325 e. The normalized spacial score (nSPS) is 10.6. The van der Waals surface area contributed by atoms with Crippen molar-refractivity contribution in [2.45, 2.75) is 4.21 Å². The van der Waals surface area contributed by atoms with Crippen LogP contribution in [0.15, 0.2) is 38.1 Å². The zero-order valence-corrected chi connectivity index (χ0v) is 14.8. The summed E-state index contributed by atoms with van der Waals surface area (Å²) < 4.78 is 0.743. The third kappa shape index (κ3) is 3.76. The summed E-state index contributed by atoms with van der Waals surface area (Å²) in [6, 6.07) is 8.64. The number of aromatic amines is 2. The van der Waals surface area contributed by atoms with E-state index >= 15 is 0 Å². The number of rotatable bonds is 4. The molecule has 7 nitrogen and oxygen atoms in total. The van der Waals surface area contributed by atoms with Crippen LogP contribution < -0.4 is 16.6 Å². The maximum absolute atomic E-state index is 12.0. The van der Waals surface area contributed by atoms with Crippen molar-refractivity contribution < 1.29 is 4.79 Å². The third-order valence-electron chi connectivity index (χ3n) is 3.12. The standard InChI is InChI=1S/C15H9ClN4O3S2/c16-7-1-3-8(4-2-7)18-10(21)6-24-14-9(5-17)11-12(25-14)13(22)20-15(23)19-11/h1-4H,6H2,(H,18,21)(H2,19,20,22,23). The summed E-state index contributed by atoms with van der Waals surface area (Å²) in [5, 5.41) is 12.6.